The third-order valence-corrected chi connectivity index (χ3v) is 7.88. The van der Waals surface area contributed by atoms with Crippen LogP contribution in [0.4, 0.5) is 0 Å². The summed E-state index contributed by atoms with van der Waals surface area (Å²) in [6, 6.07) is 14.2. The van der Waals surface area contributed by atoms with Gasteiger partial charge in [-0.3, -0.25) is 4.79 Å². The third-order valence-electron chi connectivity index (χ3n) is 7.00. The summed E-state index contributed by atoms with van der Waals surface area (Å²) in [5.74, 6) is 0.547. The molecule has 0 atom stereocenters. The van der Waals surface area contributed by atoms with Crippen LogP contribution in [0.3, 0.4) is 0 Å². The second kappa shape index (κ2) is 14.0. The summed E-state index contributed by atoms with van der Waals surface area (Å²) in [6.07, 6.45) is 6.68. The summed E-state index contributed by atoms with van der Waals surface area (Å²) >= 11 is 1.65. The van der Waals surface area contributed by atoms with Gasteiger partial charge in [-0.15, -0.1) is 29.5 Å². The zero-order chi connectivity index (χ0) is 29.7. The Kier molecular flexibility index (Phi) is 9.45. The molecule has 0 saturated carbocycles. The molecule has 5 rings (SSSR count). The SMILES string of the molecule is CCC(CC)C(=O)/C=C(\O)C(CC)CC.[2H]C([2H])([2H])c1ccc2c(n1)oc1c(-c3nccc4sccc34)[c-]ccc12.[Ir]. The molecule has 0 amide bonds. The minimum absolute atomic E-state index is 0. The Morgan fingerprint density at radius 1 is 1.05 bits per heavy atom. The molecule has 5 aromatic rings. The molecule has 4 heterocycles. The summed E-state index contributed by atoms with van der Waals surface area (Å²) in [5, 5.41) is 14.5. The van der Waals surface area contributed by atoms with Crippen molar-refractivity contribution in [3.63, 3.8) is 0 Å². The molecule has 0 aliphatic rings. The number of aromatic nitrogens is 2. The van der Waals surface area contributed by atoms with Gasteiger partial charge in [0.25, 0.3) is 0 Å². The van der Waals surface area contributed by atoms with E-state index in [1.807, 2.05) is 57.3 Å². The van der Waals surface area contributed by atoms with Crippen LogP contribution in [0.1, 0.15) is 63.2 Å². The number of pyridine rings is 2. The number of allylic oxidation sites excluding steroid dienone is 2. The Morgan fingerprint density at radius 2 is 1.79 bits per heavy atom. The average Bonchev–Trinajstić information content (AvgIpc) is 3.58. The molecule has 5 nitrogen and oxygen atoms in total. The molecule has 0 spiro atoms. The van der Waals surface area contributed by atoms with Crippen LogP contribution in [-0.4, -0.2) is 20.9 Å². The van der Waals surface area contributed by atoms with Crippen LogP contribution in [-0.2, 0) is 24.9 Å². The maximum absolute atomic E-state index is 11.7. The zero-order valence-corrected chi connectivity index (χ0v) is 25.8. The van der Waals surface area contributed by atoms with Gasteiger partial charge in [0.2, 0.25) is 5.71 Å². The molecule has 0 saturated heterocycles. The van der Waals surface area contributed by atoms with Crippen LogP contribution in [0.25, 0.3) is 43.4 Å². The first-order valence-electron chi connectivity index (χ1n) is 14.6. The van der Waals surface area contributed by atoms with E-state index in [2.05, 4.69) is 16.0 Å². The van der Waals surface area contributed by atoms with Gasteiger partial charge in [0, 0.05) is 69.8 Å². The maximum atomic E-state index is 11.7. The second-order valence-electron chi connectivity index (χ2n) is 9.24. The summed E-state index contributed by atoms with van der Waals surface area (Å²) in [7, 11) is 0. The Balaban J connectivity index is 0.000000263. The fraction of sp³-hybridized carbons (Fsp3) is 0.344. The molecule has 207 valence electrons. The van der Waals surface area contributed by atoms with Crippen molar-refractivity contribution >= 4 is 49.3 Å². The molecule has 0 unspecified atom stereocenters. The van der Waals surface area contributed by atoms with Gasteiger partial charge in [-0.2, -0.15) is 0 Å². The van der Waals surface area contributed by atoms with Gasteiger partial charge in [-0.25, -0.2) is 4.98 Å². The number of thiophene rings is 1. The Bertz CT molecular complexity index is 1690. The van der Waals surface area contributed by atoms with E-state index in [0.717, 1.165) is 57.8 Å². The van der Waals surface area contributed by atoms with Gasteiger partial charge < -0.3 is 14.5 Å². The fourth-order valence-corrected chi connectivity index (χ4v) is 5.45. The van der Waals surface area contributed by atoms with E-state index in [1.54, 1.807) is 23.6 Å². The number of nitrogens with zero attached hydrogens (tertiary/aromatic N) is 2. The predicted octanol–water partition coefficient (Wildman–Crippen LogP) is 9.23. The van der Waals surface area contributed by atoms with Gasteiger partial charge in [-0.05, 0) is 61.5 Å². The molecule has 0 bridgehead atoms. The normalized spacial score (nSPS) is 13.2. The number of carbonyl (C=O) groups is 1. The van der Waals surface area contributed by atoms with Crippen LogP contribution in [0, 0.1) is 24.8 Å². The van der Waals surface area contributed by atoms with Crippen molar-refractivity contribution in [2.24, 2.45) is 11.8 Å². The van der Waals surface area contributed by atoms with Crippen LogP contribution in [0.15, 0.2) is 64.2 Å². The largest absolute Gasteiger partial charge is 0.512 e. The number of ketones is 1. The van der Waals surface area contributed by atoms with Crippen LogP contribution >= 0.6 is 11.3 Å². The van der Waals surface area contributed by atoms with Crippen molar-refractivity contribution in [2.45, 2.75) is 60.2 Å². The molecule has 39 heavy (non-hydrogen) atoms. The number of aryl methyl sites for hydroxylation is 1. The molecule has 0 fully saturated rings. The van der Waals surface area contributed by atoms with Gasteiger partial charge >= 0.3 is 0 Å². The number of aliphatic hydroxyl groups excluding tert-OH is 1. The molecule has 0 aliphatic carbocycles. The minimum atomic E-state index is -2.27. The number of furan rings is 1. The van der Waals surface area contributed by atoms with E-state index in [1.165, 1.54) is 12.1 Å². The van der Waals surface area contributed by atoms with Crippen molar-refractivity contribution < 1.29 is 38.5 Å². The van der Waals surface area contributed by atoms with Crippen molar-refractivity contribution in [1.82, 2.24) is 9.97 Å². The van der Waals surface area contributed by atoms with E-state index >= 15 is 0 Å². The number of aliphatic hydroxyl groups is 1. The van der Waals surface area contributed by atoms with Crippen molar-refractivity contribution in [3.05, 3.63) is 71.6 Å². The van der Waals surface area contributed by atoms with Gasteiger partial charge in [0.15, 0.2) is 5.78 Å². The minimum Gasteiger partial charge on any atom is -0.512 e. The van der Waals surface area contributed by atoms with Crippen LogP contribution in [0.2, 0.25) is 0 Å². The number of benzene rings is 1. The molecule has 1 aromatic carbocycles. The number of rotatable bonds is 8. The molecule has 7 heteroatoms. The van der Waals surface area contributed by atoms with Gasteiger partial charge in [0.05, 0.1) is 11.3 Å². The monoisotopic (exact) mass is 723 g/mol. The Morgan fingerprint density at radius 3 is 2.49 bits per heavy atom. The number of fused-ring (bicyclic) bond motifs is 4. The zero-order valence-electron chi connectivity index (χ0n) is 25.6. The van der Waals surface area contributed by atoms with E-state index in [-0.39, 0.29) is 49.2 Å². The van der Waals surface area contributed by atoms with Crippen molar-refractivity contribution in [2.75, 3.05) is 0 Å². The first-order valence-corrected chi connectivity index (χ1v) is 14.0. The Labute approximate surface area is 251 Å². The second-order valence-corrected chi connectivity index (χ2v) is 10.2. The van der Waals surface area contributed by atoms with Crippen LogP contribution in [0.5, 0.6) is 0 Å². The quantitative estimate of drug-likeness (QED) is 0.0982. The number of hydrogen-bond acceptors (Lipinski definition) is 6. The number of hydrogen-bond donors (Lipinski definition) is 1. The van der Waals surface area contributed by atoms with E-state index < -0.39 is 6.85 Å². The fourth-order valence-electron chi connectivity index (χ4n) is 4.67. The van der Waals surface area contributed by atoms with E-state index in [0.29, 0.717) is 11.3 Å². The molecule has 1 radical (unpaired) electrons. The molecule has 4 aromatic heterocycles. The molecule has 1 N–H and O–H groups in total. The summed E-state index contributed by atoms with van der Waals surface area (Å²) in [6.45, 7) is 5.80. The summed E-state index contributed by atoms with van der Waals surface area (Å²) in [4.78, 5) is 20.5. The third kappa shape index (κ3) is 6.66. The van der Waals surface area contributed by atoms with Crippen LogP contribution < -0.4 is 0 Å². The summed E-state index contributed by atoms with van der Waals surface area (Å²) in [5.41, 5.74) is 2.49. The van der Waals surface area contributed by atoms with Crippen molar-refractivity contribution in [3.8, 4) is 11.3 Å². The van der Waals surface area contributed by atoms with Gasteiger partial charge in [0.1, 0.15) is 0 Å². The van der Waals surface area contributed by atoms with Gasteiger partial charge in [-0.1, -0.05) is 44.7 Å². The predicted molar refractivity (Wildman–Crippen MR) is 158 cm³/mol. The smallest absolute Gasteiger partial charge is 0.216 e. The first-order chi connectivity index (χ1) is 19.6. The molecular weight excluding hydrogens is 685 g/mol. The molecule has 0 aliphatic heterocycles. The average molecular weight is 723 g/mol. The van der Waals surface area contributed by atoms with E-state index in [4.69, 9.17) is 8.53 Å². The topological polar surface area (TPSA) is 76.2 Å². The Hall–Kier alpha value is -2.86. The van der Waals surface area contributed by atoms with E-state index in [9.17, 15) is 9.90 Å². The molecular formula is C32H35IrN2O3S-. The first kappa shape index (κ1) is 26.4. The number of carbonyl (C=O) groups excluding carboxylic acids is 1. The van der Waals surface area contributed by atoms with Crippen molar-refractivity contribution in [1.29, 1.82) is 0 Å². The standard InChI is InChI=1S/C19H11N2OS.C13H24O2.Ir/c1-11-5-6-13-12-3-2-4-15(18(12)22-19(13)21-11)17-14-8-10-23-16(14)7-9-20-17;1-5-10(6-2)12(14)9-13(15)11(7-3)8-4;/h2-3,5-10H,1H3;9-11,14H,5-8H2,1-4H3;/q-1;;/b;12-9-;/i1D3;;. The summed E-state index contributed by atoms with van der Waals surface area (Å²) < 4.78 is 29.7. The maximum Gasteiger partial charge on any atom is 0.216 e.